The van der Waals surface area contributed by atoms with Crippen LogP contribution in [0, 0.1) is 5.82 Å². The van der Waals surface area contributed by atoms with Gasteiger partial charge in [0, 0.05) is 4.47 Å². The van der Waals surface area contributed by atoms with Crippen molar-refractivity contribution in [2.75, 3.05) is 0 Å². The second kappa shape index (κ2) is 4.45. The lowest BCUT2D eigenvalue weighted by Crippen LogP contribution is -1.97. The van der Waals surface area contributed by atoms with Crippen molar-refractivity contribution >= 4 is 60.3 Å². The van der Waals surface area contributed by atoms with Gasteiger partial charge in [0.15, 0.2) is 0 Å². The highest BCUT2D eigenvalue weighted by Gasteiger charge is 2.18. The zero-order valence-electron chi connectivity index (χ0n) is 7.09. The van der Waals surface area contributed by atoms with Crippen molar-refractivity contribution in [2.24, 2.45) is 0 Å². The van der Waals surface area contributed by atoms with E-state index in [1.54, 1.807) is 11.4 Å². The molecule has 2 rings (SSSR count). The van der Waals surface area contributed by atoms with Crippen LogP contribution in [0.4, 0.5) is 4.39 Å². The third-order valence-corrected chi connectivity index (χ3v) is 5.84. The van der Waals surface area contributed by atoms with E-state index in [4.69, 9.17) is 0 Å². The van der Waals surface area contributed by atoms with Crippen LogP contribution in [0.25, 0.3) is 0 Å². The lowest BCUT2D eigenvalue weighted by Gasteiger charge is -1.92. The first-order chi connectivity index (χ1) is 7.09. The molecule has 0 atom stereocenters. The number of carbonyl (C=O) groups excluding carboxylic acids is 1. The van der Waals surface area contributed by atoms with Crippen LogP contribution in [-0.2, 0) is 0 Å². The number of carbonyl (C=O) groups is 1. The summed E-state index contributed by atoms with van der Waals surface area (Å²) in [5.41, 5.74) is 0. The molecule has 0 bridgehead atoms. The summed E-state index contributed by atoms with van der Waals surface area (Å²) in [6.45, 7) is 0. The molecule has 0 amide bonds. The Bertz CT molecular complexity index is 498. The second-order valence-corrected chi connectivity index (χ2v) is 6.80. The summed E-state index contributed by atoms with van der Waals surface area (Å²) in [6.07, 6.45) is 0. The van der Waals surface area contributed by atoms with E-state index in [-0.39, 0.29) is 10.7 Å². The van der Waals surface area contributed by atoms with Crippen molar-refractivity contribution in [1.82, 2.24) is 0 Å². The zero-order valence-corrected chi connectivity index (χ0v) is 11.9. The summed E-state index contributed by atoms with van der Waals surface area (Å²) in [4.78, 5) is 12.5. The predicted molar refractivity (Wildman–Crippen MR) is 67.4 cm³/mol. The maximum absolute atomic E-state index is 13.2. The van der Waals surface area contributed by atoms with Crippen molar-refractivity contribution < 1.29 is 9.18 Å². The fraction of sp³-hybridized carbons (Fsp3) is 0. The van der Waals surface area contributed by atoms with Crippen molar-refractivity contribution in [3.63, 3.8) is 0 Å². The number of thiophene rings is 2. The molecule has 0 N–H and O–H groups in total. The van der Waals surface area contributed by atoms with Crippen LogP contribution in [0.3, 0.4) is 0 Å². The number of hydrogen-bond donors (Lipinski definition) is 0. The van der Waals surface area contributed by atoms with E-state index in [0.717, 1.165) is 19.6 Å². The van der Waals surface area contributed by atoms with Crippen LogP contribution in [0.2, 0.25) is 0 Å². The van der Waals surface area contributed by atoms with Gasteiger partial charge in [-0.15, -0.1) is 22.7 Å². The van der Waals surface area contributed by atoms with Gasteiger partial charge >= 0.3 is 0 Å². The molecule has 0 aromatic carbocycles. The number of rotatable bonds is 2. The van der Waals surface area contributed by atoms with E-state index >= 15 is 0 Å². The van der Waals surface area contributed by atoms with Gasteiger partial charge in [-0.25, -0.2) is 4.39 Å². The van der Waals surface area contributed by atoms with Gasteiger partial charge in [0.2, 0.25) is 5.78 Å². The number of ketones is 1. The molecule has 0 aliphatic carbocycles. The molecular formula is C9H3Br2FOS2. The predicted octanol–water partition coefficient (Wildman–Crippen LogP) is 4.70. The Morgan fingerprint density at radius 2 is 2.13 bits per heavy atom. The topological polar surface area (TPSA) is 17.1 Å². The zero-order chi connectivity index (χ0) is 11.0. The largest absolute Gasteiger partial charge is 0.287 e. The van der Waals surface area contributed by atoms with Gasteiger partial charge in [-0.2, -0.15) is 0 Å². The average Bonchev–Trinajstić information content (AvgIpc) is 2.74. The fourth-order valence-electron chi connectivity index (χ4n) is 1.03. The summed E-state index contributed by atoms with van der Waals surface area (Å²) < 4.78 is 14.8. The SMILES string of the molecule is O=C(c1cc(Br)c(Br)s1)c1sccc1F. The molecule has 0 fully saturated rings. The van der Waals surface area contributed by atoms with Gasteiger partial charge in [-0.3, -0.25) is 4.79 Å². The van der Waals surface area contributed by atoms with E-state index < -0.39 is 5.82 Å². The summed E-state index contributed by atoms with van der Waals surface area (Å²) in [6, 6.07) is 2.99. The Balaban J connectivity index is 2.41. The normalized spacial score (nSPS) is 10.6. The highest BCUT2D eigenvalue weighted by atomic mass is 79.9. The van der Waals surface area contributed by atoms with Crippen LogP contribution < -0.4 is 0 Å². The van der Waals surface area contributed by atoms with Gasteiger partial charge in [0.25, 0.3) is 0 Å². The first kappa shape index (κ1) is 11.4. The minimum atomic E-state index is -0.453. The summed E-state index contributed by atoms with van der Waals surface area (Å²) in [7, 11) is 0. The van der Waals surface area contributed by atoms with Crippen LogP contribution in [-0.4, -0.2) is 5.78 Å². The van der Waals surface area contributed by atoms with Crippen LogP contribution >= 0.6 is 54.5 Å². The third kappa shape index (κ3) is 2.22. The van der Waals surface area contributed by atoms with Gasteiger partial charge in [-0.1, -0.05) is 0 Å². The van der Waals surface area contributed by atoms with Gasteiger partial charge < -0.3 is 0 Å². The Morgan fingerprint density at radius 3 is 2.60 bits per heavy atom. The van der Waals surface area contributed by atoms with Crippen LogP contribution in [0.15, 0.2) is 25.8 Å². The Morgan fingerprint density at radius 1 is 1.40 bits per heavy atom. The summed E-state index contributed by atoms with van der Waals surface area (Å²) >= 11 is 8.99. The Hall–Kier alpha value is -0.0400. The molecule has 1 nitrogen and oxygen atoms in total. The maximum Gasteiger partial charge on any atom is 0.215 e. The minimum absolute atomic E-state index is 0.163. The van der Waals surface area contributed by atoms with E-state index in [1.165, 1.54) is 17.4 Å². The molecule has 2 aromatic heterocycles. The van der Waals surface area contributed by atoms with Crippen molar-refractivity contribution in [3.8, 4) is 0 Å². The lowest BCUT2D eigenvalue weighted by atomic mass is 10.2. The van der Waals surface area contributed by atoms with Crippen LogP contribution in [0.5, 0.6) is 0 Å². The molecule has 0 spiro atoms. The highest BCUT2D eigenvalue weighted by molar-refractivity contribution is 9.13. The first-order valence-electron chi connectivity index (χ1n) is 3.82. The van der Waals surface area contributed by atoms with Crippen molar-refractivity contribution in [3.05, 3.63) is 41.3 Å². The maximum atomic E-state index is 13.2. The standard InChI is InChI=1S/C9H3Br2FOS2/c10-4-3-6(15-9(4)11)7(13)8-5(12)1-2-14-8/h1-3H. The second-order valence-electron chi connectivity index (χ2n) is 2.66. The molecule has 0 aliphatic rings. The molecule has 15 heavy (non-hydrogen) atoms. The van der Waals surface area contributed by atoms with Crippen molar-refractivity contribution in [1.29, 1.82) is 0 Å². The van der Waals surface area contributed by atoms with Crippen LogP contribution in [0.1, 0.15) is 14.5 Å². The van der Waals surface area contributed by atoms with Crippen molar-refractivity contribution in [2.45, 2.75) is 0 Å². The summed E-state index contributed by atoms with van der Waals surface area (Å²) in [5.74, 6) is -0.718. The van der Waals surface area contributed by atoms with E-state index in [1.807, 2.05) is 0 Å². The molecule has 0 radical (unpaired) electrons. The molecule has 0 unspecified atom stereocenters. The third-order valence-electron chi connectivity index (χ3n) is 1.69. The smallest absolute Gasteiger partial charge is 0.215 e. The Kier molecular flexibility index (Phi) is 3.39. The minimum Gasteiger partial charge on any atom is -0.287 e. The first-order valence-corrected chi connectivity index (χ1v) is 7.10. The molecule has 0 saturated heterocycles. The highest BCUT2D eigenvalue weighted by Crippen LogP contribution is 2.34. The van der Waals surface area contributed by atoms with E-state index in [0.29, 0.717) is 4.88 Å². The average molecular weight is 370 g/mol. The quantitative estimate of drug-likeness (QED) is 0.701. The molecule has 2 heterocycles. The molecule has 6 heteroatoms. The lowest BCUT2D eigenvalue weighted by molar-refractivity contribution is 0.104. The number of halogens is 3. The molecule has 0 aliphatic heterocycles. The monoisotopic (exact) mass is 368 g/mol. The molecule has 0 saturated carbocycles. The van der Waals surface area contributed by atoms with Gasteiger partial charge in [0.1, 0.15) is 10.7 Å². The fourth-order valence-corrected chi connectivity index (χ4v) is 3.79. The van der Waals surface area contributed by atoms with E-state index in [2.05, 4.69) is 31.9 Å². The van der Waals surface area contributed by atoms with E-state index in [9.17, 15) is 9.18 Å². The molecule has 2 aromatic rings. The molecular weight excluding hydrogens is 367 g/mol. The van der Waals surface area contributed by atoms with Gasteiger partial charge in [0.05, 0.1) is 8.66 Å². The molecule has 78 valence electrons. The summed E-state index contributed by atoms with van der Waals surface area (Å²) in [5, 5.41) is 1.57. The Labute approximate surface area is 110 Å². The number of hydrogen-bond acceptors (Lipinski definition) is 3. The van der Waals surface area contributed by atoms with Gasteiger partial charge in [-0.05, 0) is 49.4 Å².